The van der Waals surface area contributed by atoms with E-state index in [9.17, 15) is 24.3 Å². The second kappa shape index (κ2) is 12.7. The van der Waals surface area contributed by atoms with Gasteiger partial charge in [0.2, 0.25) is 17.6 Å². The third-order valence-electron chi connectivity index (χ3n) is 10.8. The molecule has 4 atom stereocenters. The molecule has 2 aliphatic heterocycles. The number of allylic oxidation sites excluding steroid dienone is 7. The smallest absolute Gasteiger partial charge is 0.233 e. The molecule has 2 fully saturated rings. The number of piperidine rings is 1. The molecule has 0 saturated carbocycles. The number of rotatable bonds is 7. The first kappa shape index (κ1) is 31.8. The molecule has 4 unspecified atom stereocenters. The van der Waals surface area contributed by atoms with Crippen molar-refractivity contribution in [1.82, 2.24) is 9.80 Å². The lowest BCUT2D eigenvalue weighted by Crippen LogP contribution is -2.47. The van der Waals surface area contributed by atoms with Crippen molar-refractivity contribution in [1.29, 1.82) is 0 Å². The fourth-order valence-electron chi connectivity index (χ4n) is 8.42. The Kier molecular flexibility index (Phi) is 8.41. The largest absolute Gasteiger partial charge is 0.502 e. The Bertz CT molecular complexity index is 1790. The van der Waals surface area contributed by atoms with E-state index in [0.717, 1.165) is 38.0 Å². The summed E-state index contributed by atoms with van der Waals surface area (Å²) in [6.07, 6.45) is 9.24. The zero-order valence-electron chi connectivity index (χ0n) is 27.5. The number of Topliss-reactive ketones (excluding diaryl/α,β-unsaturated/α-hetero) is 1. The number of phenolic OH excluding ortho intramolecular Hbond substituents is 1. The number of ether oxygens (including phenoxy) is 2. The van der Waals surface area contributed by atoms with Crippen molar-refractivity contribution in [3.05, 3.63) is 94.1 Å². The Morgan fingerprint density at radius 2 is 1.62 bits per heavy atom. The van der Waals surface area contributed by atoms with Gasteiger partial charge < -0.3 is 14.6 Å². The molecular formula is C39H40N2O7. The molecule has 2 saturated heterocycles. The van der Waals surface area contributed by atoms with E-state index in [1.807, 2.05) is 36.4 Å². The van der Waals surface area contributed by atoms with E-state index in [4.69, 9.17) is 9.47 Å². The second-order valence-electron chi connectivity index (χ2n) is 13.4. The molecular weight excluding hydrogens is 608 g/mol. The van der Waals surface area contributed by atoms with Crippen LogP contribution in [0.5, 0.6) is 17.2 Å². The maximum Gasteiger partial charge on any atom is 0.233 e. The first-order chi connectivity index (χ1) is 23.2. The Morgan fingerprint density at radius 3 is 2.29 bits per heavy atom. The summed E-state index contributed by atoms with van der Waals surface area (Å²) in [6, 6.07) is 13.5. The highest BCUT2D eigenvalue weighted by Crippen LogP contribution is 2.53. The molecule has 0 aromatic heterocycles. The van der Waals surface area contributed by atoms with Crippen molar-refractivity contribution in [2.75, 3.05) is 27.3 Å². The van der Waals surface area contributed by atoms with Crippen LogP contribution >= 0.6 is 0 Å². The van der Waals surface area contributed by atoms with Crippen molar-refractivity contribution in [2.45, 2.75) is 45.2 Å². The number of hydrogen-bond acceptors (Lipinski definition) is 8. The Hall–Kier alpha value is -4.76. The lowest BCUT2D eigenvalue weighted by atomic mass is 9.60. The molecule has 2 amide bonds. The van der Waals surface area contributed by atoms with Gasteiger partial charge in [-0.3, -0.25) is 29.0 Å². The van der Waals surface area contributed by atoms with Crippen LogP contribution in [0.2, 0.25) is 0 Å². The molecule has 9 heteroatoms. The fraction of sp³-hybridized carbons (Fsp3) is 0.385. The number of methoxy groups -OCH3 is 2. The Balaban J connectivity index is 1.18. The summed E-state index contributed by atoms with van der Waals surface area (Å²) in [6.45, 7) is 4.10. The lowest BCUT2D eigenvalue weighted by Gasteiger charge is -2.41. The van der Waals surface area contributed by atoms with Gasteiger partial charge in [-0.2, -0.15) is 0 Å². The summed E-state index contributed by atoms with van der Waals surface area (Å²) in [7, 11) is 2.90. The maximum absolute atomic E-state index is 14.3. The summed E-state index contributed by atoms with van der Waals surface area (Å²) in [5, 5.41) is 10.4. The van der Waals surface area contributed by atoms with E-state index in [0.29, 0.717) is 28.7 Å². The van der Waals surface area contributed by atoms with Crippen LogP contribution in [-0.4, -0.2) is 71.6 Å². The van der Waals surface area contributed by atoms with Gasteiger partial charge in [-0.25, -0.2) is 0 Å². The number of carbonyl (C=O) groups excluding carboxylic acids is 4. The average molecular weight is 649 g/mol. The Morgan fingerprint density at radius 1 is 0.938 bits per heavy atom. The van der Waals surface area contributed by atoms with Gasteiger partial charge in [0.15, 0.2) is 23.1 Å². The van der Waals surface area contributed by atoms with Crippen molar-refractivity contribution in [3.8, 4) is 17.2 Å². The number of imide groups is 1. The number of ketones is 2. The summed E-state index contributed by atoms with van der Waals surface area (Å²) in [5.74, 6) is -2.28. The van der Waals surface area contributed by atoms with Crippen LogP contribution in [-0.2, 0) is 25.7 Å². The third kappa shape index (κ3) is 5.40. The SMILES string of the molecule is COc1cc(C=CC2C3=CCC4C(=O)N(C5CCN(Cc6ccccc6)CC5)C(=O)C4C3CC3=C2C(=O)C(C)=CC3=O)cc(OC)c1O. The minimum atomic E-state index is -0.575. The molecule has 7 rings (SSSR count). The average Bonchev–Trinajstić information content (AvgIpc) is 3.36. The molecule has 248 valence electrons. The molecule has 0 bridgehead atoms. The van der Waals surface area contributed by atoms with Crippen LogP contribution in [0.1, 0.15) is 43.7 Å². The predicted molar refractivity (Wildman–Crippen MR) is 179 cm³/mol. The van der Waals surface area contributed by atoms with Gasteiger partial charge in [-0.05, 0) is 67.9 Å². The first-order valence-corrected chi connectivity index (χ1v) is 16.7. The van der Waals surface area contributed by atoms with E-state index in [2.05, 4.69) is 17.0 Å². The lowest BCUT2D eigenvalue weighted by molar-refractivity contribution is -0.144. The first-order valence-electron chi connectivity index (χ1n) is 16.7. The van der Waals surface area contributed by atoms with Gasteiger partial charge in [-0.1, -0.05) is 54.1 Å². The number of nitrogens with zero attached hydrogens (tertiary/aromatic N) is 2. The number of carbonyl (C=O) groups is 4. The van der Waals surface area contributed by atoms with Gasteiger partial charge in [0.05, 0.1) is 26.1 Å². The monoisotopic (exact) mass is 648 g/mol. The van der Waals surface area contributed by atoms with Crippen LogP contribution in [0.25, 0.3) is 6.08 Å². The normalized spacial score (nSPS) is 26.4. The number of hydrogen-bond donors (Lipinski definition) is 1. The summed E-state index contributed by atoms with van der Waals surface area (Å²) in [5.41, 5.74) is 4.06. The van der Waals surface area contributed by atoms with E-state index in [1.165, 1.54) is 25.9 Å². The molecule has 2 aromatic rings. The van der Waals surface area contributed by atoms with Crippen LogP contribution in [0, 0.1) is 23.7 Å². The second-order valence-corrected chi connectivity index (χ2v) is 13.4. The topological polar surface area (TPSA) is 113 Å². The molecule has 1 N–H and O–H groups in total. The highest BCUT2D eigenvalue weighted by atomic mass is 16.5. The predicted octanol–water partition coefficient (Wildman–Crippen LogP) is 5.05. The van der Waals surface area contributed by atoms with E-state index in [1.54, 1.807) is 24.0 Å². The molecule has 48 heavy (non-hydrogen) atoms. The van der Waals surface area contributed by atoms with Gasteiger partial charge in [0, 0.05) is 48.3 Å². The highest BCUT2D eigenvalue weighted by Gasteiger charge is 2.57. The summed E-state index contributed by atoms with van der Waals surface area (Å²) in [4.78, 5) is 59.3. The van der Waals surface area contributed by atoms with Crippen LogP contribution in [0.3, 0.4) is 0 Å². The number of phenols is 1. The minimum Gasteiger partial charge on any atom is -0.502 e. The number of benzene rings is 2. The Labute approximate surface area is 280 Å². The van der Waals surface area contributed by atoms with Gasteiger partial charge in [0.25, 0.3) is 0 Å². The van der Waals surface area contributed by atoms with Gasteiger partial charge in [-0.15, -0.1) is 0 Å². The van der Waals surface area contributed by atoms with Crippen molar-refractivity contribution < 1.29 is 33.8 Å². The zero-order chi connectivity index (χ0) is 33.7. The molecule has 9 nitrogen and oxygen atoms in total. The van der Waals surface area contributed by atoms with E-state index < -0.39 is 17.8 Å². The van der Waals surface area contributed by atoms with E-state index in [-0.39, 0.29) is 59.0 Å². The number of likely N-dealkylation sites (tertiary alicyclic amines) is 2. The molecule has 5 aliphatic rings. The third-order valence-corrected chi connectivity index (χ3v) is 10.8. The number of amides is 2. The van der Waals surface area contributed by atoms with Gasteiger partial charge in [0.1, 0.15) is 0 Å². The molecule has 3 aliphatic carbocycles. The zero-order valence-corrected chi connectivity index (χ0v) is 27.5. The van der Waals surface area contributed by atoms with Crippen molar-refractivity contribution in [3.63, 3.8) is 0 Å². The fourth-order valence-corrected chi connectivity index (χ4v) is 8.42. The molecule has 2 aromatic carbocycles. The van der Waals surface area contributed by atoms with Crippen LogP contribution in [0.4, 0.5) is 0 Å². The number of aromatic hydroxyl groups is 1. The molecule has 0 spiro atoms. The molecule has 2 heterocycles. The maximum atomic E-state index is 14.3. The van der Waals surface area contributed by atoms with Crippen LogP contribution < -0.4 is 9.47 Å². The van der Waals surface area contributed by atoms with E-state index >= 15 is 0 Å². The summed E-state index contributed by atoms with van der Waals surface area (Å²) >= 11 is 0. The minimum absolute atomic E-state index is 0.112. The van der Waals surface area contributed by atoms with Crippen molar-refractivity contribution in [2.24, 2.45) is 23.7 Å². The summed E-state index contributed by atoms with van der Waals surface area (Å²) < 4.78 is 10.7. The standard InChI is InChI=1S/C39H40N2O7/c1-22-17-31(42)30-20-29-26(27(34(30)36(22)43)10-9-24-18-32(47-2)37(44)33(19-24)48-3)11-12-28-35(29)39(46)41(38(28)45)25-13-15-40(16-14-25)21-23-7-5-4-6-8-23/h4-11,17-19,25,27-29,35,44H,12-16,20-21H2,1-3H3. The molecule has 0 radical (unpaired) electrons. The van der Waals surface area contributed by atoms with Gasteiger partial charge >= 0.3 is 0 Å². The van der Waals surface area contributed by atoms with Crippen molar-refractivity contribution >= 4 is 29.5 Å². The van der Waals surface area contributed by atoms with Crippen LogP contribution in [0.15, 0.2) is 83.0 Å². The quantitative estimate of drug-likeness (QED) is 0.252. The highest BCUT2D eigenvalue weighted by molar-refractivity contribution is 6.23. The number of fused-ring (bicyclic) bond motifs is 3.